The normalized spacial score (nSPS) is 41.3. The molecule has 0 N–H and O–H groups in total. The van der Waals surface area contributed by atoms with Crippen molar-refractivity contribution < 1.29 is 4.79 Å². The lowest BCUT2D eigenvalue weighted by Gasteiger charge is -2.58. The highest BCUT2D eigenvalue weighted by Crippen LogP contribution is 2.62. The summed E-state index contributed by atoms with van der Waals surface area (Å²) in [5.74, 6) is 1.96. The number of fused-ring (bicyclic) bond motifs is 3. The van der Waals surface area contributed by atoms with E-state index in [2.05, 4.69) is 55.2 Å². The molecule has 4 fully saturated rings. The summed E-state index contributed by atoms with van der Waals surface area (Å²) in [5.41, 5.74) is 0. The van der Waals surface area contributed by atoms with Gasteiger partial charge in [-0.05, 0) is 60.0 Å². The van der Waals surface area contributed by atoms with E-state index in [0.29, 0.717) is 26.6 Å². The number of nitrogens with zero attached hydrogens (tertiary/aromatic N) is 1. The van der Waals surface area contributed by atoms with Gasteiger partial charge in [-0.25, -0.2) is 0 Å². The Bertz CT molecular complexity index is 458. The molecular formula is C19H33BINO. The van der Waals surface area contributed by atoms with Crippen molar-refractivity contribution in [2.24, 2.45) is 11.8 Å². The third-order valence-corrected chi connectivity index (χ3v) is 8.29. The van der Waals surface area contributed by atoms with Gasteiger partial charge in [0, 0.05) is 18.5 Å². The van der Waals surface area contributed by atoms with E-state index in [9.17, 15) is 4.79 Å². The third kappa shape index (κ3) is 3.35. The number of piperidine rings is 1. The van der Waals surface area contributed by atoms with Gasteiger partial charge >= 0.3 is 0 Å². The zero-order chi connectivity index (χ0) is 16.8. The lowest BCUT2D eigenvalue weighted by molar-refractivity contribution is -0.141. The topological polar surface area (TPSA) is 20.3 Å². The molecule has 3 heterocycles. The average Bonchev–Trinajstić information content (AvgIpc) is 2.43. The summed E-state index contributed by atoms with van der Waals surface area (Å²) >= 11 is 2.79. The first-order chi connectivity index (χ1) is 10.8. The first-order valence-corrected chi connectivity index (χ1v) is 10.8. The van der Waals surface area contributed by atoms with Crippen LogP contribution in [0, 0.1) is 11.8 Å². The Hall–Kier alpha value is 0.265. The second-order valence-corrected chi connectivity index (χ2v) is 11.5. The predicted octanol–water partition coefficient (Wildman–Crippen LogP) is 4.75. The van der Waals surface area contributed by atoms with E-state index in [1.807, 2.05) is 0 Å². The van der Waals surface area contributed by atoms with Crippen molar-refractivity contribution >= 4 is 35.8 Å². The molecular weight excluding hydrogens is 396 g/mol. The molecule has 0 spiro atoms. The predicted molar refractivity (Wildman–Crippen MR) is 108 cm³/mol. The van der Waals surface area contributed by atoms with E-state index in [1.165, 1.54) is 45.8 Å². The van der Waals surface area contributed by atoms with E-state index in [-0.39, 0.29) is 0 Å². The van der Waals surface area contributed by atoms with Crippen LogP contribution in [0.1, 0.15) is 79.1 Å². The minimum atomic E-state index is 0.361. The molecule has 1 saturated carbocycles. The quantitative estimate of drug-likeness (QED) is 0.353. The standard InChI is InChI=1S/C19H33BINO/c1-13(2)18-10-6-5-7-16-15(11-19(21,12-18)20-18)8-9-17(23)22(16)14(3)4/h13-16,20H,5-12H2,1-4H3. The largest absolute Gasteiger partial charge is 0.337 e. The summed E-state index contributed by atoms with van der Waals surface area (Å²) in [7, 11) is 1.41. The molecule has 4 rings (SSSR count). The Morgan fingerprint density at radius 2 is 1.91 bits per heavy atom. The van der Waals surface area contributed by atoms with Crippen LogP contribution in [0.5, 0.6) is 0 Å². The van der Waals surface area contributed by atoms with Crippen molar-refractivity contribution in [3.63, 3.8) is 0 Å². The third-order valence-electron chi connectivity index (χ3n) is 7.09. The fourth-order valence-electron chi connectivity index (χ4n) is 5.85. The van der Waals surface area contributed by atoms with Crippen LogP contribution in [0.15, 0.2) is 0 Å². The van der Waals surface area contributed by atoms with Crippen molar-refractivity contribution in [3.8, 4) is 0 Å². The van der Waals surface area contributed by atoms with Crippen LogP contribution in [0.3, 0.4) is 0 Å². The van der Waals surface area contributed by atoms with Crippen molar-refractivity contribution in [3.05, 3.63) is 0 Å². The van der Waals surface area contributed by atoms with Gasteiger partial charge in [0.15, 0.2) is 0 Å². The Morgan fingerprint density at radius 1 is 1.22 bits per heavy atom. The van der Waals surface area contributed by atoms with E-state index in [4.69, 9.17) is 0 Å². The molecule has 4 unspecified atom stereocenters. The van der Waals surface area contributed by atoms with Gasteiger partial charge in [0.25, 0.3) is 0 Å². The average molecular weight is 429 g/mol. The SMILES string of the molecule is CC(C)N1C(=O)CCC2CC3(I)BC(C(C)C)(CCCCC21)C3. The molecule has 1 aliphatic carbocycles. The first-order valence-electron chi connectivity index (χ1n) is 9.76. The van der Waals surface area contributed by atoms with Gasteiger partial charge in [-0.15, -0.1) is 0 Å². The maximum atomic E-state index is 12.5. The molecule has 23 heavy (non-hydrogen) atoms. The highest BCUT2D eigenvalue weighted by atomic mass is 127. The number of likely N-dealkylation sites (tertiary alicyclic amines) is 1. The highest BCUT2D eigenvalue weighted by Gasteiger charge is 2.56. The molecule has 1 amide bonds. The Kier molecular flexibility index (Phi) is 5.13. The number of halogens is 1. The zero-order valence-corrected chi connectivity index (χ0v) is 17.6. The molecule has 3 aliphatic heterocycles. The van der Waals surface area contributed by atoms with Gasteiger partial charge in [0.2, 0.25) is 5.91 Å². The van der Waals surface area contributed by atoms with Crippen LogP contribution in [0.4, 0.5) is 0 Å². The Labute approximate surface area is 156 Å². The van der Waals surface area contributed by atoms with Crippen LogP contribution in [0.2, 0.25) is 5.31 Å². The number of alkyl halides is 1. The Morgan fingerprint density at radius 3 is 2.52 bits per heavy atom. The molecule has 2 nitrogen and oxygen atoms in total. The Balaban J connectivity index is 1.80. The number of hydrogen-bond donors (Lipinski definition) is 0. The van der Waals surface area contributed by atoms with Crippen LogP contribution >= 0.6 is 22.6 Å². The van der Waals surface area contributed by atoms with Crippen LogP contribution in [-0.4, -0.2) is 33.5 Å². The minimum absolute atomic E-state index is 0.361. The number of amides is 1. The summed E-state index contributed by atoms with van der Waals surface area (Å²) < 4.78 is 0.505. The summed E-state index contributed by atoms with van der Waals surface area (Å²) in [4.78, 5) is 14.7. The summed E-state index contributed by atoms with van der Waals surface area (Å²) in [6.07, 6.45) is 9.96. The first kappa shape index (κ1) is 18.1. The van der Waals surface area contributed by atoms with Gasteiger partial charge in [0.1, 0.15) is 7.28 Å². The fourth-order valence-corrected chi connectivity index (χ4v) is 7.94. The van der Waals surface area contributed by atoms with Gasteiger partial charge in [-0.2, -0.15) is 0 Å². The van der Waals surface area contributed by atoms with Gasteiger partial charge in [0.05, 0.1) is 0 Å². The second kappa shape index (κ2) is 6.53. The van der Waals surface area contributed by atoms with Gasteiger partial charge in [-0.3, -0.25) is 4.79 Å². The minimum Gasteiger partial charge on any atom is -0.337 e. The molecule has 130 valence electrons. The molecule has 0 radical (unpaired) electrons. The number of hydrogen-bond acceptors (Lipinski definition) is 1. The molecule has 3 saturated heterocycles. The molecule has 0 aromatic heterocycles. The fraction of sp³-hybridized carbons (Fsp3) is 0.947. The molecule has 0 aromatic rings. The molecule has 0 aromatic carbocycles. The van der Waals surface area contributed by atoms with Crippen molar-refractivity contribution in [2.75, 3.05) is 0 Å². The zero-order valence-electron chi connectivity index (χ0n) is 15.4. The van der Waals surface area contributed by atoms with Crippen molar-refractivity contribution in [1.82, 2.24) is 4.90 Å². The lowest BCUT2D eigenvalue weighted by atomic mass is 9.27. The monoisotopic (exact) mass is 429 g/mol. The summed E-state index contributed by atoms with van der Waals surface area (Å²) in [6, 6.07) is 0.870. The number of carbonyl (C=O) groups is 1. The number of rotatable bonds is 2. The molecule has 4 atom stereocenters. The maximum Gasteiger partial charge on any atom is 0.223 e. The summed E-state index contributed by atoms with van der Waals surface area (Å²) in [5, 5.41) is 0.621. The lowest BCUT2D eigenvalue weighted by Crippen LogP contribution is -2.59. The van der Waals surface area contributed by atoms with E-state index >= 15 is 0 Å². The molecule has 4 aliphatic rings. The van der Waals surface area contributed by atoms with E-state index in [0.717, 1.165) is 24.7 Å². The second-order valence-electron chi connectivity index (χ2n) is 9.23. The van der Waals surface area contributed by atoms with Crippen molar-refractivity contribution in [1.29, 1.82) is 0 Å². The van der Waals surface area contributed by atoms with Gasteiger partial charge < -0.3 is 4.90 Å². The van der Waals surface area contributed by atoms with E-state index < -0.39 is 0 Å². The van der Waals surface area contributed by atoms with Crippen LogP contribution < -0.4 is 0 Å². The number of carbonyl (C=O) groups excluding carboxylic acids is 1. The van der Waals surface area contributed by atoms with Crippen LogP contribution in [-0.2, 0) is 4.79 Å². The van der Waals surface area contributed by atoms with Crippen LogP contribution in [0.25, 0.3) is 0 Å². The van der Waals surface area contributed by atoms with E-state index in [1.54, 1.807) is 0 Å². The van der Waals surface area contributed by atoms with Gasteiger partial charge in [-0.1, -0.05) is 55.7 Å². The molecule has 2 bridgehead atoms. The highest BCUT2D eigenvalue weighted by molar-refractivity contribution is 14.1. The smallest absolute Gasteiger partial charge is 0.223 e. The van der Waals surface area contributed by atoms with Crippen molar-refractivity contribution in [2.45, 2.75) is 99.8 Å². The summed E-state index contributed by atoms with van der Waals surface area (Å²) in [6.45, 7) is 9.27. The molecule has 4 heteroatoms. The maximum absolute atomic E-state index is 12.5.